The highest BCUT2D eigenvalue weighted by Gasteiger charge is 2.19. The van der Waals surface area contributed by atoms with Crippen LogP contribution in [0.4, 0.5) is 0 Å². The molecule has 59 heavy (non-hydrogen) atoms. The third-order valence-corrected chi connectivity index (χ3v) is 12.4. The molecule has 0 fully saturated rings. The van der Waals surface area contributed by atoms with Gasteiger partial charge in [-0.25, -0.2) is 0 Å². The maximum atomic E-state index is 12.8. The van der Waals surface area contributed by atoms with E-state index in [9.17, 15) is 14.4 Å². The molecule has 6 heteroatoms. The minimum Gasteiger partial charge on any atom is -0.462 e. The molecule has 0 aliphatic rings. The predicted molar refractivity (Wildman–Crippen MR) is 252 cm³/mol. The van der Waals surface area contributed by atoms with Crippen molar-refractivity contribution in [2.75, 3.05) is 13.2 Å². The fourth-order valence-electron chi connectivity index (χ4n) is 8.01. The molecule has 0 rings (SSSR count). The summed E-state index contributed by atoms with van der Waals surface area (Å²) in [5.41, 5.74) is 0. The minimum absolute atomic E-state index is 0.0626. The van der Waals surface area contributed by atoms with Crippen molar-refractivity contribution in [3.8, 4) is 0 Å². The lowest BCUT2D eigenvalue weighted by atomic mass is 9.99. The van der Waals surface area contributed by atoms with Crippen molar-refractivity contribution >= 4 is 17.9 Å². The summed E-state index contributed by atoms with van der Waals surface area (Å²) in [4.78, 5) is 37.9. The summed E-state index contributed by atoms with van der Waals surface area (Å²) in [6.45, 7) is 9.06. The molecule has 0 heterocycles. The van der Waals surface area contributed by atoms with Gasteiger partial charge in [-0.3, -0.25) is 14.4 Å². The van der Waals surface area contributed by atoms with E-state index in [1.54, 1.807) is 0 Å². The number of hydrogen-bond acceptors (Lipinski definition) is 6. The first-order chi connectivity index (χ1) is 28.9. The van der Waals surface area contributed by atoms with Crippen molar-refractivity contribution < 1.29 is 28.6 Å². The molecule has 0 saturated heterocycles. The van der Waals surface area contributed by atoms with Crippen LogP contribution < -0.4 is 0 Å². The van der Waals surface area contributed by atoms with Crippen LogP contribution in [0, 0.1) is 5.92 Å². The van der Waals surface area contributed by atoms with Gasteiger partial charge in [-0.2, -0.15) is 0 Å². The van der Waals surface area contributed by atoms with Crippen molar-refractivity contribution in [2.24, 2.45) is 5.92 Å². The van der Waals surface area contributed by atoms with Crippen molar-refractivity contribution in [3.05, 3.63) is 0 Å². The molecule has 0 radical (unpaired) electrons. The third kappa shape index (κ3) is 45.8. The van der Waals surface area contributed by atoms with Crippen LogP contribution in [0.5, 0.6) is 0 Å². The van der Waals surface area contributed by atoms with Gasteiger partial charge in [0.05, 0.1) is 0 Å². The lowest BCUT2D eigenvalue weighted by molar-refractivity contribution is -0.167. The molecule has 0 saturated carbocycles. The fraction of sp³-hybridized carbons (Fsp3) is 0.943. The molecule has 0 aliphatic carbocycles. The Labute approximate surface area is 368 Å². The summed E-state index contributed by atoms with van der Waals surface area (Å²) >= 11 is 0. The zero-order valence-corrected chi connectivity index (χ0v) is 40.2. The van der Waals surface area contributed by atoms with Crippen LogP contribution in [-0.4, -0.2) is 37.2 Å². The Morgan fingerprint density at radius 3 is 0.881 bits per heavy atom. The Morgan fingerprint density at radius 1 is 0.339 bits per heavy atom. The molecule has 0 aliphatic heterocycles. The largest absolute Gasteiger partial charge is 0.462 e. The lowest BCUT2D eigenvalue weighted by Crippen LogP contribution is -2.30. The van der Waals surface area contributed by atoms with Crippen molar-refractivity contribution in [1.82, 2.24) is 0 Å². The molecule has 0 aromatic carbocycles. The highest BCUT2D eigenvalue weighted by molar-refractivity contribution is 5.71. The Balaban J connectivity index is 4.25. The molecule has 2 atom stereocenters. The molecule has 6 nitrogen and oxygen atoms in total. The topological polar surface area (TPSA) is 78.9 Å². The van der Waals surface area contributed by atoms with Gasteiger partial charge >= 0.3 is 17.9 Å². The average molecular weight is 835 g/mol. The van der Waals surface area contributed by atoms with Crippen molar-refractivity contribution in [1.29, 1.82) is 0 Å². The lowest BCUT2D eigenvalue weighted by Gasteiger charge is -2.18. The fourth-order valence-corrected chi connectivity index (χ4v) is 8.01. The zero-order valence-electron chi connectivity index (χ0n) is 40.2. The molecular formula is C53H102O6. The summed E-state index contributed by atoms with van der Waals surface area (Å²) in [5.74, 6) is 0.0493. The maximum absolute atomic E-state index is 12.8. The van der Waals surface area contributed by atoms with Crippen molar-refractivity contribution in [2.45, 2.75) is 303 Å². The molecule has 0 aromatic rings. The molecule has 0 amide bonds. The normalized spacial score (nSPS) is 12.4. The molecule has 0 spiro atoms. The van der Waals surface area contributed by atoms with E-state index in [4.69, 9.17) is 14.2 Å². The smallest absolute Gasteiger partial charge is 0.306 e. The van der Waals surface area contributed by atoms with Gasteiger partial charge in [-0.1, -0.05) is 259 Å². The summed E-state index contributed by atoms with van der Waals surface area (Å²) < 4.78 is 16.8. The third-order valence-electron chi connectivity index (χ3n) is 12.4. The van der Waals surface area contributed by atoms with Crippen LogP contribution in [0.25, 0.3) is 0 Å². The summed E-state index contributed by atoms with van der Waals surface area (Å²) in [7, 11) is 0. The van der Waals surface area contributed by atoms with E-state index < -0.39 is 6.10 Å². The van der Waals surface area contributed by atoms with Crippen LogP contribution in [0.2, 0.25) is 0 Å². The zero-order chi connectivity index (χ0) is 43.1. The molecule has 1 unspecified atom stereocenters. The first-order valence-corrected chi connectivity index (χ1v) is 26.4. The van der Waals surface area contributed by atoms with Gasteiger partial charge in [0, 0.05) is 19.3 Å². The number of rotatable bonds is 48. The Hall–Kier alpha value is -1.59. The van der Waals surface area contributed by atoms with Crippen LogP contribution in [0.3, 0.4) is 0 Å². The van der Waals surface area contributed by atoms with E-state index in [0.717, 1.165) is 63.7 Å². The molecule has 0 N–H and O–H groups in total. The number of carbonyl (C=O) groups excluding carboxylic acids is 3. The minimum atomic E-state index is -0.760. The second-order valence-electron chi connectivity index (χ2n) is 18.4. The first kappa shape index (κ1) is 57.4. The SMILES string of the molecule is CCCCCCCCCCCCCCCCC(=O)OC[C@H](COC(=O)CCCCCCCCCCC)OC(=O)CCCCCCCCCCCCCCCCC(C)CC. The standard InChI is InChI=1S/C53H102O6/c1-5-8-10-12-14-16-17-18-22-25-29-33-37-41-45-52(55)58-48-50(47-57-51(54)44-40-36-32-27-15-13-11-9-6-2)59-53(56)46-42-38-34-30-26-23-20-19-21-24-28-31-35-39-43-49(4)7-3/h49-50H,5-48H2,1-4H3/t49?,50-/m0/s1. The van der Waals surface area contributed by atoms with Crippen LogP contribution in [0.15, 0.2) is 0 Å². The van der Waals surface area contributed by atoms with E-state index in [-0.39, 0.29) is 31.1 Å². The van der Waals surface area contributed by atoms with Crippen LogP contribution in [0.1, 0.15) is 297 Å². The first-order valence-electron chi connectivity index (χ1n) is 26.4. The van der Waals surface area contributed by atoms with E-state index in [0.29, 0.717) is 19.3 Å². The number of esters is 3. The van der Waals surface area contributed by atoms with Gasteiger partial charge in [0.15, 0.2) is 6.10 Å². The summed E-state index contributed by atoms with van der Waals surface area (Å²) in [5, 5.41) is 0. The quantitative estimate of drug-likeness (QED) is 0.0345. The van der Waals surface area contributed by atoms with E-state index in [1.807, 2.05) is 0 Å². The summed E-state index contributed by atoms with van der Waals surface area (Å²) in [6.07, 6.45) is 49.4. The van der Waals surface area contributed by atoms with Gasteiger partial charge in [0.25, 0.3) is 0 Å². The average Bonchev–Trinajstić information content (AvgIpc) is 3.23. The number of hydrogen-bond donors (Lipinski definition) is 0. The van der Waals surface area contributed by atoms with Gasteiger partial charge in [0.2, 0.25) is 0 Å². The number of carbonyl (C=O) groups is 3. The molecular weight excluding hydrogens is 733 g/mol. The van der Waals surface area contributed by atoms with Gasteiger partial charge in [-0.15, -0.1) is 0 Å². The molecule has 350 valence electrons. The van der Waals surface area contributed by atoms with Gasteiger partial charge in [0.1, 0.15) is 13.2 Å². The molecule has 0 aromatic heterocycles. The second kappa shape index (κ2) is 47.5. The highest BCUT2D eigenvalue weighted by atomic mass is 16.6. The van der Waals surface area contributed by atoms with Crippen LogP contribution in [-0.2, 0) is 28.6 Å². The number of ether oxygens (including phenoxy) is 3. The maximum Gasteiger partial charge on any atom is 0.306 e. The summed E-state index contributed by atoms with van der Waals surface area (Å²) in [6, 6.07) is 0. The van der Waals surface area contributed by atoms with E-state index in [2.05, 4.69) is 27.7 Å². The Bertz CT molecular complexity index is 889. The van der Waals surface area contributed by atoms with Gasteiger partial charge < -0.3 is 14.2 Å². The monoisotopic (exact) mass is 835 g/mol. The van der Waals surface area contributed by atoms with E-state index in [1.165, 1.54) is 193 Å². The van der Waals surface area contributed by atoms with Crippen molar-refractivity contribution in [3.63, 3.8) is 0 Å². The Kier molecular flexibility index (Phi) is 46.2. The van der Waals surface area contributed by atoms with Gasteiger partial charge in [-0.05, 0) is 25.2 Å². The Morgan fingerprint density at radius 2 is 0.593 bits per heavy atom. The number of unbranched alkanes of at least 4 members (excludes halogenated alkanes) is 34. The second-order valence-corrected chi connectivity index (χ2v) is 18.4. The molecule has 0 bridgehead atoms. The predicted octanol–water partition coefficient (Wildman–Crippen LogP) is 17.1. The highest BCUT2D eigenvalue weighted by Crippen LogP contribution is 2.18. The van der Waals surface area contributed by atoms with E-state index >= 15 is 0 Å². The van der Waals surface area contributed by atoms with Crippen LogP contribution >= 0.6 is 0 Å².